The van der Waals surface area contributed by atoms with Crippen LogP contribution in [0.4, 0.5) is 0 Å². The Morgan fingerprint density at radius 1 is 1.77 bits per heavy atom. The largest absolute Gasteiger partial charge is 0.384 e. The van der Waals surface area contributed by atoms with Gasteiger partial charge in [0.05, 0.1) is 0 Å². The van der Waals surface area contributed by atoms with E-state index >= 15 is 0 Å². The Balaban J connectivity index is 2.08. The Bertz CT molecular complexity index is 173. The zero-order valence-corrected chi connectivity index (χ0v) is 8.30. The van der Waals surface area contributed by atoms with Crippen molar-refractivity contribution in [3.63, 3.8) is 0 Å². The van der Waals surface area contributed by atoms with Gasteiger partial charge in [0.25, 0.3) is 0 Å². The minimum atomic E-state index is 0.150. The molecule has 2 unspecified atom stereocenters. The molecule has 0 bridgehead atoms. The minimum Gasteiger partial charge on any atom is -0.384 e. The highest BCUT2D eigenvalue weighted by molar-refractivity contribution is 5.78. The van der Waals surface area contributed by atoms with Gasteiger partial charge in [0.1, 0.15) is 0 Å². The first kappa shape index (κ1) is 10.5. The Hall–Kier alpha value is -0.610. The van der Waals surface area contributed by atoms with E-state index in [2.05, 4.69) is 17.6 Å². The Labute approximate surface area is 79.0 Å². The van der Waals surface area contributed by atoms with Gasteiger partial charge in [0.15, 0.2) is 0 Å². The molecule has 4 heteroatoms. The molecule has 0 radical (unpaired) electrons. The molecule has 0 aliphatic carbocycles. The predicted molar refractivity (Wildman–Crippen MR) is 50.5 cm³/mol. The van der Waals surface area contributed by atoms with E-state index in [0.717, 1.165) is 19.7 Å². The molecule has 0 aromatic heterocycles. The fourth-order valence-corrected chi connectivity index (χ4v) is 1.46. The summed E-state index contributed by atoms with van der Waals surface area (Å²) in [5.74, 6) is 0.651. The van der Waals surface area contributed by atoms with Crippen LogP contribution in [0, 0.1) is 5.92 Å². The van der Waals surface area contributed by atoms with Crippen LogP contribution in [0.2, 0.25) is 0 Å². The first-order valence-corrected chi connectivity index (χ1v) is 4.71. The lowest BCUT2D eigenvalue weighted by Crippen LogP contribution is -2.35. The maximum atomic E-state index is 10.8. The fourth-order valence-electron chi connectivity index (χ4n) is 1.46. The summed E-state index contributed by atoms with van der Waals surface area (Å²) in [6.07, 6.45) is 0.611. The van der Waals surface area contributed by atoms with Gasteiger partial charge in [-0.3, -0.25) is 4.79 Å². The van der Waals surface area contributed by atoms with Gasteiger partial charge in [0, 0.05) is 39.3 Å². The maximum Gasteiger partial charge on any atom is 0.221 e. The molecular weight excluding hydrogens is 168 g/mol. The SMILES string of the molecule is COCC(C)CNC1CNC(=O)C1. The smallest absolute Gasteiger partial charge is 0.221 e. The Morgan fingerprint density at radius 3 is 3.08 bits per heavy atom. The second kappa shape index (κ2) is 5.19. The lowest BCUT2D eigenvalue weighted by Gasteiger charge is -2.14. The average molecular weight is 186 g/mol. The van der Waals surface area contributed by atoms with Crippen LogP contribution in [0.3, 0.4) is 0 Å². The van der Waals surface area contributed by atoms with E-state index in [9.17, 15) is 4.79 Å². The lowest BCUT2D eigenvalue weighted by atomic mass is 10.1. The van der Waals surface area contributed by atoms with E-state index < -0.39 is 0 Å². The lowest BCUT2D eigenvalue weighted by molar-refractivity contribution is -0.119. The molecule has 1 rings (SSSR count). The van der Waals surface area contributed by atoms with Crippen molar-refractivity contribution < 1.29 is 9.53 Å². The molecular formula is C9H18N2O2. The van der Waals surface area contributed by atoms with Gasteiger partial charge in [0.2, 0.25) is 5.91 Å². The summed E-state index contributed by atoms with van der Waals surface area (Å²) in [7, 11) is 1.71. The van der Waals surface area contributed by atoms with E-state index in [-0.39, 0.29) is 5.91 Å². The van der Waals surface area contributed by atoms with Gasteiger partial charge >= 0.3 is 0 Å². The number of hydrogen-bond donors (Lipinski definition) is 2. The molecule has 1 amide bonds. The number of amides is 1. The van der Waals surface area contributed by atoms with Crippen LogP contribution < -0.4 is 10.6 Å². The number of ether oxygens (including phenoxy) is 1. The summed E-state index contributed by atoms with van der Waals surface area (Å²) in [5, 5.41) is 6.13. The first-order chi connectivity index (χ1) is 6.22. The molecule has 4 nitrogen and oxygen atoms in total. The standard InChI is InChI=1S/C9H18N2O2/c1-7(6-13-2)4-10-8-3-9(12)11-5-8/h7-8,10H,3-6H2,1-2H3,(H,11,12). The molecule has 1 saturated heterocycles. The van der Waals surface area contributed by atoms with E-state index in [1.165, 1.54) is 0 Å². The number of carbonyl (C=O) groups excluding carboxylic acids is 1. The topological polar surface area (TPSA) is 50.4 Å². The van der Waals surface area contributed by atoms with Crippen LogP contribution in [0.5, 0.6) is 0 Å². The number of methoxy groups -OCH3 is 1. The maximum absolute atomic E-state index is 10.8. The fraction of sp³-hybridized carbons (Fsp3) is 0.889. The third-order valence-corrected chi connectivity index (χ3v) is 2.18. The summed E-state index contributed by atoms with van der Waals surface area (Å²) >= 11 is 0. The second-order valence-corrected chi connectivity index (χ2v) is 3.67. The second-order valence-electron chi connectivity index (χ2n) is 3.67. The summed E-state index contributed by atoms with van der Waals surface area (Å²) in [6.45, 7) is 4.56. The summed E-state index contributed by atoms with van der Waals surface area (Å²) < 4.78 is 5.02. The zero-order chi connectivity index (χ0) is 9.68. The highest BCUT2D eigenvalue weighted by atomic mass is 16.5. The van der Waals surface area contributed by atoms with Crippen LogP contribution >= 0.6 is 0 Å². The summed E-state index contributed by atoms with van der Waals surface area (Å²) in [6, 6.07) is 0.312. The summed E-state index contributed by atoms with van der Waals surface area (Å²) in [5.41, 5.74) is 0. The molecule has 1 aliphatic rings. The Morgan fingerprint density at radius 2 is 2.54 bits per heavy atom. The highest BCUT2D eigenvalue weighted by Gasteiger charge is 2.20. The van der Waals surface area contributed by atoms with Gasteiger partial charge in [-0.2, -0.15) is 0 Å². The number of rotatable bonds is 5. The molecule has 1 aliphatic heterocycles. The van der Waals surface area contributed by atoms with E-state index in [1.54, 1.807) is 7.11 Å². The number of nitrogens with one attached hydrogen (secondary N) is 2. The highest BCUT2D eigenvalue weighted by Crippen LogP contribution is 2.00. The van der Waals surface area contributed by atoms with Crippen molar-refractivity contribution in [2.45, 2.75) is 19.4 Å². The molecule has 0 aromatic carbocycles. The van der Waals surface area contributed by atoms with Crippen LogP contribution in [0.1, 0.15) is 13.3 Å². The zero-order valence-electron chi connectivity index (χ0n) is 8.30. The average Bonchev–Trinajstić information content (AvgIpc) is 2.49. The summed E-state index contributed by atoms with van der Waals surface area (Å²) in [4.78, 5) is 10.8. The molecule has 1 fully saturated rings. The molecule has 13 heavy (non-hydrogen) atoms. The van der Waals surface area contributed by atoms with Gasteiger partial charge < -0.3 is 15.4 Å². The third kappa shape index (κ3) is 3.74. The molecule has 1 heterocycles. The van der Waals surface area contributed by atoms with Gasteiger partial charge in [-0.25, -0.2) is 0 Å². The van der Waals surface area contributed by atoms with Crippen LogP contribution in [0.25, 0.3) is 0 Å². The monoisotopic (exact) mass is 186 g/mol. The van der Waals surface area contributed by atoms with Crippen LogP contribution in [-0.4, -0.2) is 38.8 Å². The van der Waals surface area contributed by atoms with Crippen molar-refractivity contribution >= 4 is 5.91 Å². The molecule has 76 valence electrons. The number of carbonyl (C=O) groups is 1. The van der Waals surface area contributed by atoms with E-state index in [1.807, 2.05) is 0 Å². The van der Waals surface area contributed by atoms with Crippen molar-refractivity contribution in [2.24, 2.45) is 5.92 Å². The van der Waals surface area contributed by atoms with Crippen molar-refractivity contribution in [1.29, 1.82) is 0 Å². The predicted octanol–water partition coefficient (Wildman–Crippen LogP) is -0.253. The van der Waals surface area contributed by atoms with E-state index in [0.29, 0.717) is 18.4 Å². The van der Waals surface area contributed by atoms with Crippen LogP contribution in [-0.2, 0) is 9.53 Å². The van der Waals surface area contributed by atoms with Crippen LogP contribution in [0.15, 0.2) is 0 Å². The molecule has 2 N–H and O–H groups in total. The molecule has 0 saturated carbocycles. The van der Waals surface area contributed by atoms with Crippen molar-refractivity contribution in [1.82, 2.24) is 10.6 Å². The molecule has 2 atom stereocenters. The molecule has 0 spiro atoms. The van der Waals surface area contributed by atoms with Gasteiger partial charge in [-0.15, -0.1) is 0 Å². The normalized spacial score (nSPS) is 24.5. The minimum absolute atomic E-state index is 0.150. The molecule has 0 aromatic rings. The first-order valence-electron chi connectivity index (χ1n) is 4.71. The quantitative estimate of drug-likeness (QED) is 0.622. The number of hydrogen-bond acceptors (Lipinski definition) is 3. The van der Waals surface area contributed by atoms with Gasteiger partial charge in [-0.1, -0.05) is 6.92 Å². The van der Waals surface area contributed by atoms with Crippen molar-refractivity contribution in [3.8, 4) is 0 Å². The van der Waals surface area contributed by atoms with Crippen molar-refractivity contribution in [3.05, 3.63) is 0 Å². The Kier molecular flexibility index (Phi) is 4.18. The van der Waals surface area contributed by atoms with Crippen molar-refractivity contribution in [2.75, 3.05) is 26.8 Å². The van der Waals surface area contributed by atoms with E-state index in [4.69, 9.17) is 4.74 Å². The van der Waals surface area contributed by atoms with Gasteiger partial charge in [-0.05, 0) is 5.92 Å². The third-order valence-electron chi connectivity index (χ3n) is 2.18.